The Bertz CT molecular complexity index is 857. The zero-order valence-electron chi connectivity index (χ0n) is 13.0. The Morgan fingerprint density at radius 2 is 2.04 bits per heavy atom. The highest BCUT2D eigenvalue weighted by Crippen LogP contribution is 2.34. The highest BCUT2D eigenvalue weighted by molar-refractivity contribution is 5.94. The fourth-order valence-corrected chi connectivity index (χ4v) is 2.72. The van der Waals surface area contributed by atoms with Crippen molar-refractivity contribution in [2.75, 3.05) is 11.9 Å². The van der Waals surface area contributed by atoms with E-state index in [2.05, 4.69) is 15.3 Å². The van der Waals surface area contributed by atoms with Gasteiger partial charge in [0.25, 0.3) is 11.5 Å². The summed E-state index contributed by atoms with van der Waals surface area (Å²) >= 11 is 0. The van der Waals surface area contributed by atoms with Crippen LogP contribution in [0.2, 0.25) is 0 Å². The molecule has 0 bridgehead atoms. The first-order valence-electron chi connectivity index (χ1n) is 7.36. The number of aryl methyl sites for hydroxylation is 1. The van der Waals surface area contributed by atoms with E-state index in [1.807, 2.05) is 0 Å². The number of ether oxygens (including phenoxy) is 1. The van der Waals surface area contributed by atoms with Gasteiger partial charge in [-0.05, 0) is 24.6 Å². The standard InChI is InChI=1S/C16H16N4O4/c1-8-18-15-14(16(23)19-8)11(6-13(22)20-15)9-2-4-10(5-3-9)24-7-12(17)21/h2-5,11H,6-7H2,1H3,(H2,17,21)(H2,18,19,20,22,23)/t11-/m1/s1. The van der Waals surface area contributed by atoms with E-state index in [1.54, 1.807) is 31.2 Å². The number of hydrogen-bond donors (Lipinski definition) is 3. The topological polar surface area (TPSA) is 127 Å². The Hall–Kier alpha value is -3.16. The number of rotatable bonds is 4. The van der Waals surface area contributed by atoms with Crippen molar-refractivity contribution < 1.29 is 14.3 Å². The van der Waals surface area contributed by atoms with Crippen LogP contribution in [0.3, 0.4) is 0 Å². The number of H-pyrrole nitrogens is 1. The molecular formula is C16H16N4O4. The van der Waals surface area contributed by atoms with Crippen LogP contribution < -0.4 is 21.3 Å². The number of aromatic amines is 1. The molecule has 0 unspecified atom stereocenters. The Labute approximate surface area is 137 Å². The largest absolute Gasteiger partial charge is 0.484 e. The highest BCUT2D eigenvalue weighted by Gasteiger charge is 2.30. The van der Waals surface area contributed by atoms with Gasteiger partial charge in [-0.3, -0.25) is 14.4 Å². The number of hydrogen-bond acceptors (Lipinski definition) is 5. The zero-order chi connectivity index (χ0) is 17.3. The minimum absolute atomic E-state index is 0.155. The molecule has 8 heteroatoms. The van der Waals surface area contributed by atoms with Crippen molar-refractivity contribution in [2.45, 2.75) is 19.3 Å². The molecule has 0 saturated heterocycles. The predicted molar refractivity (Wildman–Crippen MR) is 85.8 cm³/mol. The number of carbonyl (C=O) groups is 2. The summed E-state index contributed by atoms with van der Waals surface area (Å²) < 4.78 is 5.21. The minimum Gasteiger partial charge on any atom is -0.484 e. The molecule has 124 valence electrons. The molecule has 0 aliphatic carbocycles. The number of fused-ring (bicyclic) bond motifs is 1. The van der Waals surface area contributed by atoms with E-state index in [1.165, 1.54) is 0 Å². The number of anilines is 1. The summed E-state index contributed by atoms with van der Waals surface area (Å²) in [7, 11) is 0. The lowest BCUT2D eigenvalue weighted by Gasteiger charge is -2.24. The van der Waals surface area contributed by atoms with Gasteiger partial charge in [0.1, 0.15) is 17.4 Å². The Kier molecular flexibility index (Phi) is 4.03. The number of aromatic nitrogens is 2. The monoisotopic (exact) mass is 328 g/mol. The fourth-order valence-electron chi connectivity index (χ4n) is 2.72. The van der Waals surface area contributed by atoms with Crippen LogP contribution in [0.1, 0.15) is 29.3 Å². The van der Waals surface area contributed by atoms with Crippen LogP contribution in [0.5, 0.6) is 5.75 Å². The van der Waals surface area contributed by atoms with E-state index in [0.717, 1.165) is 5.56 Å². The Balaban J connectivity index is 1.94. The predicted octanol–water partition coefficient (Wildman–Crippen LogP) is 0.417. The molecule has 0 spiro atoms. The lowest BCUT2D eigenvalue weighted by atomic mass is 9.87. The van der Waals surface area contributed by atoms with Crippen LogP contribution in [0.4, 0.5) is 5.82 Å². The molecule has 1 aromatic heterocycles. The molecule has 3 rings (SSSR count). The van der Waals surface area contributed by atoms with Gasteiger partial charge >= 0.3 is 0 Å². The second-order valence-electron chi connectivity index (χ2n) is 5.54. The van der Waals surface area contributed by atoms with Gasteiger partial charge in [0.2, 0.25) is 5.91 Å². The smallest absolute Gasteiger partial charge is 0.256 e. The first kappa shape index (κ1) is 15.7. The third-order valence-corrected chi connectivity index (χ3v) is 3.73. The van der Waals surface area contributed by atoms with E-state index in [0.29, 0.717) is 23.0 Å². The van der Waals surface area contributed by atoms with Gasteiger partial charge in [0.15, 0.2) is 6.61 Å². The van der Waals surface area contributed by atoms with E-state index in [-0.39, 0.29) is 24.5 Å². The summed E-state index contributed by atoms with van der Waals surface area (Å²) in [4.78, 5) is 41.8. The van der Waals surface area contributed by atoms with Crippen LogP contribution in [0.15, 0.2) is 29.1 Å². The van der Waals surface area contributed by atoms with E-state index >= 15 is 0 Å². The van der Waals surface area contributed by atoms with Gasteiger partial charge in [-0.25, -0.2) is 4.98 Å². The summed E-state index contributed by atoms with van der Waals surface area (Å²) in [6.07, 6.45) is 0.155. The van der Waals surface area contributed by atoms with Crippen molar-refractivity contribution >= 4 is 17.6 Å². The van der Waals surface area contributed by atoms with Crippen LogP contribution in [0.25, 0.3) is 0 Å². The quantitative estimate of drug-likeness (QED) is 0.749. The SMILES string of the molecule is Cc1nc2c(c(=O)[nH]1)[C@@H](c1ccc(OCC(N)=O)cc1)CC(=O)N2. The molecule has 2 heterocycles. The first-order valence-corrected chi connectivity index (χ1v) is 7.36. The molecule has 1 aliphatic heterocycles. The molecule has 8 nitrogen and oxygen atoms in total. The molecule has 4 N–H and O–H groups in total. The molecule has 2 aromatic rings. The average molecular weight is 328 g/mol. The second-order valence-corrected chi connectivity index (χ2v) is 5.54. The van der Waals surface area contributed by atoms with Crippen LogP contribution >= 0.6 is 0 Å². The zero-order valence-corrected chi connectivity index (χ0v) is 13.0. The number of amides is 2. The van der Waals surface area contributed by atoms with E-state index < -0.39 is 11.8 Å². The molecule has 1 aliphatic rings. The van der Waals surface area contributed by atoms with E-state index in [4.69, 9.17) is 10.5 Å². The lowest BCUT2D eigenvalue weighted by Crippen LogP contribution is -2.31. The van der Waals surface area contributed by atoms with Gasteiger partial charge in [0.05, 0.1) is 5.56 Å². The van der Waals surface area contributed by atoms with Gasteiger partial charge in [-0.1, -0.05) is 12.1 Å². The van der Waals surface area contributed by atoms with Crippen molar-refractivity contribution in [3.63, 3.8) is 0 Å². The maximum atomic E-state index is 12.3. The molecule has 0 radical (unpaired) electrons. The summed E-state index contributed by atoms with van der Waals surface area (Å²) in [6.45, 7) is 1.44. The van der Waals surface area contributed by atoms with Crippen molar-refractivity contribution in [1.82, 2.24) is 9.97 Å². The van der Waals surface area contributed by atoms with Crippen LogP contribution in [0, 0.1) is 6.92 Å². The van der Waals surface area contributed by atoms with Gasteiger partial charge < -0.3 is 20.8 Å². The first-order chi connectivity index (χ1) is 11.4. The molecule has 1 aromatic carbocycles. The minimum atomic E-state index is -0.565. The molecule has 2 amide bonds. The third-order valence-electron chi connectivity index (χ3n) is 3.73. The number of primary amides is 1. The van der Waals surface area contributed by atoms with Crippen molar-refractivity contribution in [3.05, 3.63) is 51.6 Å². The van der Waals surface area contributed by atoms with Crippen LogP contribution in [-0.2, 0) is 9.59 Å². The summed E-state index contributed by atoms with van der Waals surface area (Å²) in [5, 5.41) is 2.64. The average Bonchev–Trinajstić information content (AvgIpc) is 2.52. The highest BCUT2D eigenvalue weighted by atomic mass is 16.5. The Morgan fingerprint density at radius 1 is 1.33 bits per heavy atom. The number of carbonyl (C=O) groups excluding carboxylic acids is 2. The maximum Gasteiger partial charge on any atom is 0.256 e. The summed E-state index contributed by atoms with van der Waals surface area (Å²) in [5.74, 6) is 0.0650. The molecule has 0 saturated carbocycles. The molecular weight excluding hydrogens is 312 g/mol. The fraction of sp³-hybridized carbons (Fsp3) is 0.250. The van der Waals surface area contributed by atoms with Gasteiger partial charge in [-0.15, -0.1) is 0 Å². The normalized spacial score (nSPS) is 16.2. The van der Waals surface area contributed by atoms with Crippen molar-refractivity contribution in [3.8, 4) is 5.75 Å². The molecule has 1 atom stereocenters. The number of benzene rings is 1. The Morgan fingerprint density at radius 3 is 2.71 bits per heavy atom. The van der Waals surface area contributed by atoms with Crippen molar-refractivity contribution in [2.24, 2.45) is 5.73 Å². The van der Waals surface area contributed by atoms with Gasteiger partial charge in [0, 0.05) is 12.3 Å². The summed E-state index contributed by atoms with van der Waals surface area (Å²) in [6, 6.07) is 6.84. The molecule has 24 heavy (non-hydrogen) atoms. The van der Waals surface area contributed by atoms with Crippen molar-refractivity contribution in [1.29, 1.82) is 0 Å². The number of nitrogens with zero attached hydrogens (tertiary/aromatic N) is 1. The number of nitrogens with one attached hydrogen (secondary N) is 2. The maximum absolute atomic E-state index is 12.3. The summed E-state index contributed by atoms with van der Waals surface area (Å²) in [5.41, 5.74) is 5.99. The number of nitrogens with two attached hydrogens (primary N) is 1. The van der Waals surface area contributed by atoms with E-state index in [9.17, 15) is 14.4 Å². The third kappa shape index (κ3) is 3.12. The van der Waals surface area contributed by atoms with Gasteiger partial charge in [-0.2, -0.15) is 0 Å². The van der Waals surface area contributed by atoms with Crippen LogP contribution in [-0.4, -0.2) is 28.4 Å². The second kappa shape index (κ2) is 6.15. The molecule has 0 fully saturated rings. The lowest BCUT2D eigenvalue weighted by molar-refractivity contribution is -0.120.